The molecule has 3 heteroatoms. The molecule has 0 aromatic carbocycles. The standard InChI is InChI=1S/C10H19ClN2/c1-3-4-5-6-7-13-9-8-12(2)10(13)11/h8-10H,3-7H2,1-2H3. The van der Waals surface area contributed by atoms with E-state index in [9.17, 15) is 0 Å². The van der Waals surface area contributed by atoms with Crippen LogP contribution in [0.4, 0.5) is 0 Å². The Balaban J connectivity index is 2.12. The maximum Gasteiger partial charge on any atom is 0.179 e. The summed E-state index contributed by atoms with van der Waals surface area (Å²) in [5.41, 5.74) is 0.0293. The van der Waals surface area contributed by atoms with Crippen molar-refractivity contribution in [2.45, 2.75) is 38.2 Å². The van der Waals surface area contributed by atoms with Gasteiger partial charge in [0.2, 0.25) is 0 Å². The number of unbranched alkanes of at least 4 members (excludes halogenated alkanes) is 3. The minimum absolute atomic E-state index is 0.0293. The van der Waals surface area contributed by atoms with Gasteiger partial charge in [-0.25, -0.2) is 0 Å². The Morgan fingerprint density at radius 2 is 2.00 bits per heavy atom. The lowest BCUT2D eigenvalue weighted by Gasteiger charge is -2.24. The van der Waals surface area contributed by atoms with Gasteiger partial charge in [0.05, 0.1) is 0 Å². The van der Waals surface area contributed by atoms with Crippen molar-refractivity contribution >= 4 is 11.6 Å². The zero-order chi connectivity index (χ0) is 9.68. The second-order valence-corrected chi connectivity index (χ2v) is 3.96. The van der Waals surface area contributed by atoms with Crippen LogP contribution in [0, 0.1) is 0 Å². The maximum absolute atomic E-state index is 6.13. The fourth-order valence-corrected chi connectivity index (χ4v) is 1.70. The van der Waals surface area contributed by atoms with Crippen molar-refractivity contribution in [1.82, 2.24) is 9.80 Å². The lowest BCUT2D eigenvalue weighted by Crippen LogP contribution is -2.31. The van der Waals surface area contributed by atoms with Crippen LogP contribution in [0.2, 0.25) is 0 Å². The molecule has 0 radical (unpaired) electrons. The van der Waals surface area contributed by atoms with Crippen molar-refractivity contribution in [3.63, 3.8) is 0 Å². The number of nitrogens with zero attached hydrogens (tertiary/aromatic N) is 2. The van der Waals surface area contributed by atoms with E-state index in [-0.39, 0.29) is 5.62 Å². The van der Waals surface area contributed by atoms with E-state index in [4.69, 9.17) is 11.6 Å². The predicted molar refractivity (Wildman–Crippen MR) is 57.4 cm³/mol. The Bertz CT molecular complexity index is 170. The molecule has 1 rings (SSSR count). The van der Waals surface area contributed by atoms with Gasteiger partial charge in [-0.3, -0.25) is 0 Å². The topological polar surface area (TPSA) is 6.48 Å². The van der Waals surface area contributed by atoms with Gasteiger partial charge in [-0.1, -0.05) is 37.8 Å². The average molecular weight is 203 g/mol. The fraction of sp³-hybridized carbons (Fsp3) is 0.800. The molecular weight excluding hydrogens is 184 g/mol. The van der Waals surface area contributed by atoms with Crippen molar-refractivity contribution in [3.05, 3.63) is 12.4 Å². The van der Waals surface area contributed by atoms with Gasteiger partial charge in [0, 0.05) is 26.0 Å². The summed E-state index contributed by atoms with van der Waals surface area (Å²) in [4.78, 5) is 4.19. The molecule has 0 saturated carbocycles. The lowest BCUT2D eigenvalue weighted by molar-refractivity contribution is 0.251. The van der Waals surface area contributed by atoms with Crippen LogP contribution >= 0.6 is 11.6 Å². The number of hydrogen-bond donors (Lipinski definition) is 0. The Kier molecular flexibility index (Phi) is 4.43. The number of alkyl halides is 1. The third kappa shape index (κ3) is 3.11. The highest BCUT2D eigenvalue weighted by Crippen LogP contribution is 2.17. The van der Waals surface area contributed by atoms with E-state index in [2.05, 4.69) is 18.0 Å². The number of rotatable bonds is 5. The van der Waals surface area contributed by atoms with E-state index >= 15 is 0 Å². The minimum Gasteiger partial charge on any atom is -0.347 e. The van der Waals surface area contributed by atoms with Crippen LogP contribution in [0.15, 0.2) is 12.4 Å². The average Bonchev–Trinajstić information content (AvgIpc) is 2.43. The molecule has 0 fully saturated rings. The molecule has 1 atom stereocenters. The quantitative estimate of drug-likeness (QED) is 0.384. The normalized spacial score (nSPS) is 21.6. The van der Waals surface area contributed by atoms with Crippen LogP contribution in [0.25, 0.3) is 0 Å². The van der Waals surface area contributed by atoms with E-state index in [0.29, 0.717) is 0 Å². The number of halogens is 1. The molecule has 76 valence electrons. The van der Waals surface area contributed by atoms with Crippen LogP contribution in [-0.4, -0.2) is 29.0 Å². The summed E-state index contributed by atoms with van der Waals surface area (Å²) in [6.07, 6.45) is 9.28. The first-order chi connectivity index (χ1) is 6.25. The first-order valence-electron chi connectivity index (χ1n) is 5.05. The summed E-state index contributed by atoms with van der Waals surface area (Å²) < 4.78 is 0. The van der Waals surface area contributed by atoms with E-state index in [1.165, 1.54) is 25.7 Å². The largest absolute Gasteiger partial charge is 0.347 e. The molecule has 0 amide bonds. The molecule has 1 aliphatic rings. The minimum atomic E-state index is 0.0293. The molecule has 0 spiro atoms. The highest BCUT2D eigenvalue weighted by molar-refractivity contribution is 6.20. The molecule has 0 aromatic heterocycles. The molecule has 13 heavy (non-hydrogen) atoms. The van der Waals surface area contributed by atoms with Crippen LogP contribution in [0.1, 0.15) is 32.6 Å². The Hall–Kier alpha value is -0.370. The summed E-state index contributed by atoms with van der Waals surface area (Å²) in [6.45, 7) is 3.31. The lowest BCUT2D eigenvalue weighted by atomic mass is 10.2. The summed E-state index contributed by atoms with van der Waals surface area (Å²) in [7, 11) is 2.00. The summed E-state index contributed by atoms with van der Waals surface area (Å²) >= 11 is 6.13. The second-order valence-electron chi connectivity index (χ2n) is 3.57. The zero-order valence-electron chi connectivity index (χ0n) is 8.54. The second kappa shape index (κ2) is 5.38. The molecule has 1 heterocycles. The van der Waals surface area contributed by atoms with Crippen molar-refractivity contribution in [2.75, 3.05) is 13.6 Å². The summed E-state index contributed by atoms with van der Waals surface area (Å²) in [6, 6.07) is 0. The van der Waals surface area contributed by atoms with Crippen LogP contribution < -0.4 is 0 Å². The molecule has 0 bridgehead atoms. The van der Waals surface area contributed by atoms with Gasteiger partial charge in [0.15, 0.2) is 5.62 Å². The third-order valence-electron chi connectivity index (χ3n) is 2.37. The highest BCUT2D eigenvalue weighted by Gasteiger charge is 2.19. The third-order valence-corrected chi connectivity index (χ3v) is 2.93. The zero-order valence-corrected chi connectivity index (χ0v) is 9.30. The van der Waals surface area contributed by atoms with Gasteiger partial charge >= 0.3 is 0 Å². The van der Waals surface area contributed by atoms with Crippen molar-refractivity contribution in [3.8, 4) is 0 Å². The first-order valence-corrected chi connectivity index (χ1v) is 5.49. The summed E-state index contributed by atoms with van der Waals surface area (Å²) in [5.74, 6) is 0. The van der Waals surface area contributed by atoms with Crippen molar-refractivity contribution < 1.29 is 0 Å². The fourth-order valence-electron chi connectivity index (χ4n) is 1.47. The van der Waals surface area contributed by atoms with E-state index < -0.39 is 0 Å². The number of hydrogen-bond acceptors (Lipinski definition) is 2. The SMILES string of the molecule is CCCCCCN1C=CN(C)C1Cl. The predicted octanol–water partition coefficient (Wildman–Crippen LogP) is 2.81. The highest BCUT2D eigenvalue weighted by atomic mass is 35.5. The molecule has 0 N–H and O–H groups in total. The van der Waals surface area contributed by atoms with Gasteiger partial charge in [0.1, 0.15) is 0 Å². The molecule has 1 unspecified atom stereocenters. The maximum atomic E-state index is 6.13. The van der Waals surface area contributed by atoms with Crippen molar-refractivity contribution in [2.24, 2.45) is 0 Å². The van der Waals surface area contributed by atoms with Gasteiger partial charge in [-0.2, -0.15) is 0 Å². The Morgan fingerprint density at radius 3 is 2.54 bits per heavy atom. The van der Waals surface area contributed by atoms with Gasteiger partial charge < -0.3 is 9.80 Å². The van der Waals surface area contributed by atoms with E-state index in [0.717, 1.165) is 6.54 Å². The molecule has 0 aliphatic carbocycles. The Labute approximate surface area is 86.2 Å². The smallest absolute Gasteiger partial charge is 0.179 e. The van der Waals surface area contributed by atoms with Crippen LogP contribution in [0.3, 0.4) is 0 Å². The first kappa shape index (κ1) is 10.7. The molecule has 2 nitrogen and oxygen atoms in total. The van der Waals surface area contributed by atoms with Gasteiger partial charge in [-0.05, 0) is 6.42 Å². The van der Waals surface area contributed by atoms with E-state index in [1.54, 1.807) is 0 Å². The van der Waals surface area contributed by atoms with Gasteiger partial charge in [-0.15, -0.1) is 0 Å². The van der Waals surface area contributed by atoms with Crippen LogP contribution in [-0.2, 0) is 0 Å². The van der Waals surface area contributed by atoms with E-state index in [1.807, 2.05) is 18.1 Å². The monoisotopic (exact) mass is 202 g/mol. The Morgan fingerprint density at radius 1 is 1.23 bits per heavy atom. The van der Waals surface area contributed by atoms with Gasteiger partial charge in [0.25, 0.3) is 0 Å². The summed E-state index contributed by atoms with van der Waals surface area (Å²) in [5, 5.41) is 0. The van der Waals surface area contributed by atoms with Crippen LogP contribution in [0.5, 0.6) is 0 Å². The molecule has 0 saturated heterocycles. The molecular formula is C10H19ClN2. The van der Waals surface area contributed by atoms with Crippen molar-refractivity contribution in [1.29, 1.82) is 0 Å². The molecule has 0 aromatic rings. The molecule has 1 aliphatic heterocycles.